The van der Waals surface area contributed by atoms with Crippen LogP contribution in [-0.4, -0.2) is 78.3 Å². The minimum absolute atomic E-state index is 0.119. The number of rotatable bonds is 6. The Balaban J connectivity index is 1.44. The standard InChI is InChI=1S/C27H32ClF2N7/c1-3-9-34-10-12-35(13-11-34)27-32-24(20-6-7-22(29)23(30)16-20)17-25(33-27)37-15-14-36(18-19(37)2)26-21(28)5-4-8-31-26/h4-8,16-17,19H,3,9-15,18H2,1-2H3/t19-/m1/s1. The normalized spacial score (nSPS) is 18.9. The molecule has 2 fully saturated rings. The number of pyridine rings is 1. The van der Waals surface area contributed by atoms with E-state index in [1.54, 1.807) is 12.3 Å². The summed E-state index contributed by atoms with van der Waals surface area (Å²) < 4.78 is 27.8. The predicted molar refractivity (Wildman–Crippen MR) is 145 cm³/mol. The van der Waals surface area contributed by atoms with E-state index in [4.69, 9.17) is 21.6 Å². The van der Waals surface area contributed by atoms with Crippen molar-refractivity contribution in [1.82, 2.24) is 19.9 Å². The second-order valence-corrected chi connectivity index (χ2v) is 10.1. The molecule has 7 nitrogen and oxygen atoms in total. The maximum atomic E-state index is 14.1. The molecule has 2 aliphatic rings. The highest BCUT2D eigenvalue weighted by atomic mass is 35.5. The summed E-state index contributed by atoms with van der Waals surface area (Å²) in [6, 6.07) is 9.60. The van der Waals surface area contributed by atoms with E-state index in [1.807, 2.05) is 18.2 Å². The van der Waals surface area contributed by atoms with Crippen LogP contribution in [0.1, 0.15) is 20.3 Å². The van der Waals surface area contributed by atoms with Gasteiger partial charge in [-0.3, -0.25) is 4.90 Å². The Kier molecular flexibility index (Phi) is 7.71. The quantitative estimate of drug-likeness (QED) is 0.460. The van der Waals surface area contributed by atoms with Crippen molar-refractivity contribution in [3.63, 3.8) is 0 Å². The lowest BCUT2D eigenvalue weighted by Gasteiger charge is -2.41. The van der Waals surface area contributed by atoms with Gasteiger partial charge in [-0.15, -0.1) is 0 Å². The van der Waals surface area contributed by atoms with Gasteiger partial charge in [-0.1, -0.05) is 18.5 Å². The first-order valence-electron chi connectivity index (χ1n) is 12.9. The van der Waals surface area contributed by atoms with Crippen molar-refractivity contribution in [1.29, 1.82) is 0 Å². The fraction of sp³-hybridized carbons (Fsp3) is 0.444. The lowest BCUT2D eigenvalue weighted by molar-refractivity contribution is 0.257. The fourth-order valence-corrected chi connectivity index (χ4v) is 5.34. The Labute approximate surface area is 221 Å². The summed E-state index contributed by atoms with van der Waals surface area (Å²) >= 11 is 6.40. The molecule has 3 aromatic rings. The van der Waals surface area contributed by atoms with Crippen LogP contribution in [0.25, 0.3) is 11.3 Å². The lowest BCUT2D eigenvalue weighted by atomic mass is 10.1. The van der Waals surface area contributed by atoms with Gasteiger partial charge in [0.1, 0.15) is 11.6 Å². The van der Waals surface area contributed by atoms with Gasteiger partial charge in [0.15, 0.2) is 11.6 Å². The minimum Gasteiger partial charge on any atom is -0.352 e. The minimum atomic E-state index is -0.887. The molecule has 0 saturated carbocycles. The van der Waals surface area contributed by atoms with Gasteiger partial charge in [0.05, 0.1) is 10.7 Å². The van der Waals surface area contributed by atoms with E-state index in [0.29, 0.717) is 28.8 Å². The number of aromatic nitrogens is 3. The van der Waals surface area contributed by atoms with Crippen molar-refractivity contribution >= 4 is 29.2 Å². The molecule has 5 rings (SSSR count). The molecule has 1 aromatic carbocycles. The Morgan fingerprint density at radius 3 is 2.43 bits per heavy atom. The van der Waals surface area contributed by atoms with E-state index < -0.39 is 11.6 Å². The molecule has 0 aliphatic carbocycles. The molecule has 0 N–H and O–H groups in total. The summed E-state index contributed by atoms with van der Waals surface area (Å²) in [6.45, 7) is 11.1. The number of halogens is 3. The third-order valence-corrected chi connectivity index (χ3v) is 7.37. The molecule has 0 unspecified atom stereocenters. The second kappa shape index (κ2) is 11.1. The molecule has 4 heterocycles. The second-order valence-electron chi connectivity index (χ2n) is 9.67. The van der Waals surface area contributed by atoms with Gasteiger partial charge >= 0.3 is 0 Å². The zero-order valence-electron chi connectivity index (χ0n) is 21.2. The van der Waals surface area contributed by atoms with E-state index in [1.165, 1.54) is 6.07 Å². The molecule has 0 spiro atoms. The Morgan fingerprint density at radius 2 is 1.73 bits per heavy atom. The molecule has 2 aliphatic heterocycles. The number of nitrogens with zero attached hydrogens (tertiary/aromatic N) is 7. The third-order valence-electron chi connectivity index (χ3n) is 7.07. The highest BCUT2D eigenvalue weighted by molar-refractivity contribution is 6.32. The first-order valence-corrected chi connectivity index (χ1v) is 13.2. The van der Waals surface area contributed by atoms with Crippen molar-refractivity contribution in [3.8, 4) is 11.3 Å². The predicted octanol–water partition coefficient (Wildman–Crippen LogP) is 4.72. The molecule has 196 valence electrons. The average Bonchev–Trinajstić information content (AvgIpc) is 2.91. The molecular formula is C27H32ClF2N7. The number of hydrogen-bond donors (Lipinski definition) is 0. The summed E-state index contributed by atoms with van der Waals surface area (Å²) in [6.07, 6.45) is 2.88. The van der Waals surface area contributed by atoms with Crippen LogP contribution in [0.15, 0.2) is 42.6 Å². The van der Waals surface area contributed by atoms with Crippen LogP contribution in [0.2, 0.25) is 5.02 Å². The van der Waals surface area contributed by atoms with Crippen molar-refractivity contribution in [2.45, 2.75) is 26.3 Å². The molecule has 0 amide bonds. The monoisotopic (exact) mass is 527 g/mol. The number of hydrogen-bond acceptors (Lipinski definition) is 7. The van der Waals surface area contributed by atoms with E-state index >= 15 is 0 Å². The SMILES string of the molecule is CCCN1CCN(c2nc(-c3ccc(F)c(F)c3)cc(N3CCN(c4ncccc4Cl)C[C@H]3C)n2)CC1. The van der Waals surface area contributed by atoms with Crippen LogP contribution in [-0.2, 0) is 0 Å². The van der Waals surface area contributed by atoms with Crippen molar-refractivity contribution in [2.75, 3.05) is 67.1 Å². The third kappa shape index (κ3) is 5.62. The van der Waals surface area contributed by atoms with Crippen LogP contribution < -0.4 is 14.7 Å². The summed E-state index contributed by atoms with van der Waals surface area (Å²) in [4.78, 5) is 23.3. The smallest absolute Gasteiger partial charge is 0.227 e. The summed E-state index contributed by atoms with van der Waals surface area (Å²) in [5, 5.41) is 0.635. The van der Waals surface area contributed by atoms with Crippen LogP contribution in [0, 0.1) is 11.6 Å². The Hall–Kier alpha value is -3.04. The summed E-state index contributed by atoms with van der Waals surface area (Å²) in [5.41, 5.74) is 1.11. The van der Waals surface area contributed by atoms with Crippen LogP contribution >= 0.6 is 11.6 Å². The van der Waals surface area contributed by atoms with E-state index in [2.05, 4.69) is 38.4 Å². The van der Waals surface area contributed by atoms with E-state index in [9.17, 15) is 8.78 Å². The van der Waals surface area contributed by atoms with E-state index in [-0.39, 0.29) is 6.04 Å². The van der Waals surface area contributed by atoms with Gasteiger partial charge in [-0.25, -0.2) is 18.7 Å². The largest absolute Gasteiger partial charge is 0.352 e. The number of piperazine rings is 2. The Morgan fingerprint density at radius 1 is 0.946 bits per heavy atom. The van der Waals surface area contributed by atoms with Gasteiger partial charge in [-0.2, -0.15) is 4.98 Å². The molecule has 37 heavy (non-hydrogen) atoms. The maximum Gasteiger partial charge on any atom is 0.227 e. The first-order chi connectivity index (χ1) is 17.9. The zero-order chi connectivity index (χ0) is 25.9. The fourth-order valence-electron chi connectivity index (χ4n) is 5.10. The number of anilines is 3. The van der Waals surface area contributed by atoms with Gasteiger partial charge < -0.3 is 14.7 Å². The maximum absolute atomic E-state index is 14.1. The van der Waals surface area contributed by atoms with Gasteiger partial charge in [0.2, 0.25) is 5.95 Å². The summed E-state index contributed by atoms with van der Waals surface area (Å²) in [5.74, 6) is 0.423. The van der Waals surface area contributed by atoms with Crippen molar-refractivity contribution in [2.24, 2.45) is 0 Å². The zero-order valence-corrected chi connectivity index (χ0v) is 22.0. The van der Waals surface area contributed by atoms with Crippen LogP contribution in [0.3, 0.4) is 0 Å². The molecule has 2 aromatic heterocycles. The van der Waals surface area contributed by atoms with Gasteiger partial charge in [0.25, 0.3) is 0 Å². The lowest BCUT2D eigenvalue weighted by Crippen LogP contribution is -2.53. The highest BCUT2D eigenvalue weighted by Gasteiger charge is 2.28. The van der Waals surface area contributed by atoms with Crippen LogP contribution in [0.5, 0.6) is 0 Å². The molecular weight excluding hydrogens is 496 g/mol. The molecule has 10 heteroatoms. The first kappa shape index (κ1) is 25.6. The molecule has 0 bridgehead atoms. The van der Waals surface area contributed by atoms with Crippen molar-refractivity contribution < 1.29 is 8.78 Å². The summed E-state index contributed by atoms with van der Waals surface area (Å²) in [7, 11) is 0. The van der Waals surface area contributed by atoms with Gasteiger partial charge in [-0.05, 0) is 50.2 Å². The average molecular weight is 528 g/mol. The number of benzene rings is 1. The molecule has 2 saturated heterocycles. The highest BCUT2D eigenvalue weighted by Crippen LogP contribution is 2.30. The molecule has 0 radical (unpaired) electrons. The molecule has 1 atom stereocenters. The van der Waals surface area contributed by atoms with Crippen LogP contribution in [0.4, 0.5) is 26.4 Å². The topological polar surface area (TPSA) is 51.6 Å². The van der Waals surface area contributed by atoms with E-state index in [0.717, 1.165) is 69.9 Å². The van der Waals surface area contributed by atoms with Gasteiger partial charge in [0, 0.05) is 69.7 Å². The van der Waals surface area contributed by atoms with Crippen molar-refractivity contribution in [3.05, 3.63) is 59.3 Å². The Bertz CT molecular complexity index is 1240.